The van der Waals surface area contributed by atoms with E-state index in [1.165, 1.54) is 7.11 Å². The van der Waals surface area contributed by atoms with Crippen LogP contribution in [0.2, 0.25) is 0 Å². The molecule has 0 atom stereocenters. The van der Waals surface area contributed by atoms with Crippen molar-refractivity contribution in [1.82, 2.24) is 0 Å². The first-order valence-corrected chi connectivity index (χ1v) is 5.36. The van der Waals surface area contributed by atoms with Gasteiger partial charge in [-0.05, 0) is 17.7 Å². The summed E-state index contributed by atoms with van der Waals surface area (Å²) < 4.78 is 14.9. The molecule has 1 aliphatic heterocycles. The predicted molar refractivity (Wildman–Crippen MR) is 63.6 cm³/mol. The minimum atomic E-state index is -0.334. The highest BCUT2D eigenvalue weighted by atomic mass is 16.7. The van der Waals surface area contributed by atoms with E-state index in [1.54, 1.807) is 24.3 Å². The van der Waals surface area contributed by atoms with Crippen molar-refractivity contribution in [1.29, 1.82) is 0 Å². The molecule has 0 aliphatic carbocycles. The summed E-state index contributed by atoms with van der Waals surface area (Å²) in [7, 11) is 1.33. The predicted octanol–water partition coefficient (Wildman–Crippen LogP) is 1.80. The highest BCUT2D eigenvalue weighted by molar-refractivity contribution is 5.84. The minimum Gasteiger partial charge on any atom is -0.469 e. The first kappa shape index (κ1) is 12.2. The van der Waals surface area contributed by atoms with Gasteiger partial charge in [-0.2, -0.15) is 0 Å². The molecule has 0 bridgehead atoms. The monoisotopic (exact) mass is 248 g/mol. The summed E-state index contributed by atoms with van der Waals surface area (Å²) in [4.78, 5) is 21.9. The number of esters is 1. The van der Waals surface area contributed by atoms with Crippen molar-refractivity contribution in [2.24, 2.45) is 0 Å². The lowest BCUT2D eigenvalue weighted by atomic mass is 10.1. The molecule has 0 amide bonds. The number of methoxy groups -OCH3 is 1. The number of ether oxygens (including phenoxy) is 3. The van der Waals surface area contributed by atoms with E-state index in [0.29, 0.717) is 22.6 Å². The highest BCUT2D eigenvalue weighted by Crippen LogP contribution is 2.34. The van der Waals surface area contributed by atoms with Crippen LogP contribution in [0.4, 0.5) is 0 Å². The lowest BCUT2D eigenvalue weighted by molar-refractivity contribution is -0.139. The molecule has 0 radical (unpaired) electrons. The number of fused-ring (bicyclic) bond motifs is 1. The smallest absolute Gasteiger partial charge is 0.309 e. The van der Waals surface area contributed by atoms with Crippen LogP contribution in [-0.2, 0) is 9.53 Å². The first-order valence-electron chi connectivity index (χ1n) is 5.36. The van der Waals surface area contributed by atoms with Gasteiger partial charge in [0.1, 0.15) is 0 Å². The van der Waals surface area contributed by atoms with Crippen LogP contribution in [0.25, 0.3) is 6.08 Å². The van der Waals surface area contributed by atoms with Crippen molar-refractivity contribution in [3.63, 3.8) is 0 Å². The number of hydrogen-bond acceptors (Lipinski definition) is 5. The Kier molecular flexibility index (Phi) is 3.62. The van der Waals surface area contributed by atoms with E-state index < -0.39 is 0 Å². The van der Waals surface area contributed by atoms with E-state index in [9.17, 15) is 9.59 Å². The fraction of sp³-hybridized carbons (Fsp3) is 0.231. The molecular formula is C13H12O5. The van der Waals surface area contributed by atoms with E-state index in [2.05, 4.69) is 4.74 Å². The molecule has 1 heterocycles. The van der Waals surface area contributed by atoms with Gasteiger partial charge in [-0.1, -0.05) is 12.2 Å². The van der Waals surface area contributed by atoms with Crippen molar-refractivity contribution in [3.05, 3.63) is 29.3 Å². The van der Waals surface area contributed by atoms with E-state index in [4.69, 9.17) is 9.47 Å². The third kappa shape index (κ3) is 2.51. The summed E-state index contributed by atoms with van der Waals surface area (Å²) in [5.41, 5.74) is 1.17. The molecule has 0 spiro atoms. The zero-order valence-electron chi connectivity index (χ0n) is 9.84. The molecule has 0 unspecified atom stereocenters. The molecule has 1 aromatic rings. The Morgan fingerprint density at radius 3 is 2.61 bits per heavy atom. The fourth-order valence-corrected chi connectivity index (χ4v) is 1.59. The summed E-state index contributed by atoms with van der Waals surface area (Å²) in [5.74, 6) is 0.820. The quantitative estimate of drug-likeness (QED) is 0.600. The van der Waals surface area contributed by atoms with Crippen LogP contribution in [-0.4, -0.2) is 26.2 Å². The molecule has 0 N–H and O–H groups in total. The molecule has 0 saturated heterocycles. The Balaban J connectivity index is 2.21. The summed E-state index contributed by atoms with van der Waals surface area (Å²) in [5, 5.41) is 0. The van der Waals surface area contributed by atoms with Gasteiger partial charge in [0.25, 0.3) is 0 Å². The van der Waals surface area contributed by atoms with Crippen LogP contribution < -0.4 is 9.47 Å². The van der Waals surface area contributed by atoms with Crippen LogP contribution >= 0.6 is 0 Å². The molecule has 94 valence electrons. The lowest BCUT2D eigenvalue weighted by Gasteiger charge is -2.02. The van der Waals surface area contributed by atoms with Crippen molar-refractivity contribution in [3.8, 4) is 11.5 Å². The third-order valence-corrected chi connectivity index (χ3v) is 2.51. The molecule has 0 fully saturated rings. The molecule has 5 nitrogen and oxygen atoms in total. The third-order valence-electron chi connectivity index (χ3n) is 2.51. The van der Waals surface area contributed by atoms with Crippen LogP contribution in [0.1, 0.15) is 22.3 Å². The second-order valence-electron chi connectivity index (χ2n) is 3.63. The molecule has 0 saturated carbocycles. The van der Waals surface area contributed by atoms with E-state index in [1.807, 2.05) is 0 Å². The maximum atomic E-state index is 11.0. The Morgan fingerprint density at radius 2 is 2.00 bits per heavy atom. The normalized spacial score (nSPS) is 12.7. The molecule has 1 aliphatic rings. The van der Waals surface area contributed by atoms with Crippen LogP contribution in [0.15, 0.2) is 18.2 Å². The van der Waals surface area contributed by atoms with Gasteiger partial charge in [0, 0.05) is 5.56 Å². The number of carbonyl (C=O) groups excluding carboxylic acids is 2. The maximum Gasteiger partial charge on any atom is 0.309 e. The van der Waals surface area contributed by atoms with Crippen molar-refractivity contribution in [2.75, 3.05) is 13.9 Å². The average molecular weight is 248 g/mol. The number of rotatable bonds is 4. The Morgan fingerprint density at radius 1 is 1.33 bits per heavy atom. The van der Waals surface area contributed by atoms with Gasteiger partial charge in [-0.15, -0.1) is 0 Å². The van der Waals surface area contributed by atoms with Crippen LogP contribution in [0, 0.1) is 0 Å². The fourth-order valence-electron chi connectivity index (χ4n) is 1.59. The Bertz CT molecular complexity index is 504. The Labute approximate surface area is 104 Å². The average Bonchev–Trinajstić information content (AvgIpc) is 2.84. The topological polar surface area (TPSA) is 61.8 Å². The summed E-state index contributed by atoms with van der Waals surface area (Å²) >= 11 is 0. The van der Waals surface area contributed by atoms with Gasteiger partial charge in [-0.3, -0.25) is 9.59 Å². The minimum absolute atomic E-state index is 0.156. The van der Waals surface area contributed by atoms with Crippen molar-refractivity contribution in [2.45, 2.75) is 6.42 Å². The van der Waals surface area contributed by atoms with E-state index >= 15 is 0 Å². The van der Waals surface area contributed by atoms with Crippen LogP contribution in [0.3, 0.4) is 0 Å². The lowest BCUT2D eigenvalue weighted by Crippen LogP contribution is -1.96. The van der Waals surface area contributed by atoms with Gasteiger partial charge in [0.15, 0.2) is 17.8 Å². The van der Waals surface area contributed by atoms with Crippen molar-refractivity contribution < 1.29 is 23.8 Å². The van der Waals surface area contributed by atoms with E-state index in [-0.39, 0.29) is 19.2 Å². The molecular weight excluding hydrogens is 236 g/mol. The molecule has 5 heteroatoms. The standard InChI is InChI=1S/C13H12O5/c1-16-13(15)4-2-3-9-5-11-12(18-8-17-11)6-10(9)7-14/h2-3,5-7H,4,8H2,1H3. The van der Waals surface area contributed by atoms with E-state index in [0.717, 1.165) is 6.29 Å². The summed E-state index contributed by atoms with van der Waals surface area (Å²) in [6.45, 7) is 0.156. The number of hydrogen-bond donors (Lipinski definition) is 0. The first-order chi connectivity index (χ1) is 8.74. The van der Waals surface area contributed by atoms with Gasteiger partial charge < -0.3 is 14.2 Å². The van der Waals surface area contributed by atoms with Gasteiger partial charge in [0.2, 0.25) is 6.79 Å². The maximum absolute atomic E-state index is 11.0. The van der Waals surface area contributed by atoms with Crippen LogP contribution in [0.5, 0.6) is 11.5 Å². The molecule has 18 heavy (non-hydrogen) atoms. The number of aldehydes is 1. The Hall–Kier alpha value is -2.30. The molecule has 1 aromatic carbocycles. The second kappa shape index (κ2) is 5.35. The number of carbonyl (C=O) groups is 2. The van der Waals surface area contributed by atoms with Crippen molar-refractivity contribution >= 4 is 18.3 Å². The zero-order chi connectivity index (χ0) is 13.0. The highest BCUT2D eigenvalue weighted by Gasteiger charge is 2.15. The largest absolute Gasteiger partial charge is 0.469 e. The summed E-state index contributed by atoms with van der Waals surface area (Å²) in [6, 6.07) is 3.33. The SMILES string of the molecule is COC(=O)CC=Cc1cc2c(cc1C=O)OCO2. The molecule has 2 rings (SSSR count). The zero-order valence-corrected chi connectivity index (χ0v) is 9.84. The second-order valence-corrected chi connectivity index (χ2v) is 3.63. The van der Waals surface area contributed by atoms with Gasteiger partial charge in [0.05, 0.1) is 13.5 Å². The summed E-state index contributed by atoms with van der Waals surface area (Å²) in [6.07, 6.45) is 4.21. The van der Waals surface area contributed by atoms with Gasteiger partial charge in [-0.25, -0.2) is 0 Å². The number of benzene rings is 1. The van der Waals surface area contributed by atoms with Gasteiger partial charge >= 0.3 is 5.97 Å². The molecule has 0 aromatic heterocycles.